The fraction of sp³-hybridized carbons (Fsp3) is 0.353. The van der Waals surface area contributed by atoms with E-state index < -0.39 is 6.09 Å². The zero-order valence-corrected chi connectivity index (χ0v) is 14.3. The highest BCUT2D eigenvalue weighted by atomic mass is 35.5. The van der Waals surface area contributed by atoms with E-state index >= 15 is 0 Å². The summed E-state index contributed by atoms with van der Waals surface area (Å²) in [7, 11) is 0. The highest BCUT2D eigenvalue weighted by Gasteiger charge is 2.26. The van der Waals surface area contributed by atoms with E-state index in [4.69, 9.17) is 16.3 Å². The van der Waals surface area contributed by atoms with Crippen molar-refractivity contribution in [3.63, 3.8) is 0 Å². The van der Waals surface area contributed by atoms with Crippen molar-refractivity contribution in [2.24, 2.45) is 5.92 Å². The largest absolute Gasteiger partial charge is 0.449 e. The van der Waals surface area contributed by atoms with E-state index in [-0.39, 0.29) is 11.8 Å². The third-order valence-corrected chi connectivity index (χ3v) is 3.85. The van der Waals surface area contributed by atoms with Crippen LogP contribution in [0.4, 0.5) is 16.4 Å². The average Bonchev–Trinajstić information content (AvgIpc) is 2.96. The summed E-state index contributed by atoms with van der Waals surface area (Å²) in [5, 5.41) is 6.50. The van der Waals surface area contributed by atoms with Crippen molar-refractivity contribution in [2.45, 2.75) is 19.8 Å². The molecule has 2 N–H and O–H groups in total. The van der Waals surface area contributed by atoms with E-state index in [0.29, 0.717) is 24.0 Å². The number of fused-ring (bicyclic) bond motifs is 1. The summed E-state index contributed by atoms with van der Waals surface area (Å²) in [5.41, 5.74) is 1.85. The Hall–Kier alpha value is -2.34. The molecule has 0 fully saturated rings. The number of anilines is 2. The van der Waals surface area contributed by atoms with Gasteiger partial charge in [0.25, 0.3) is 0 Å². The molecule has 3 heterocycles. The molecule has 0 saturated heterocycles. The second-order valence-corrected chi connectivity index (χ2v) is 6.53. The Labute approximate surface area is 145 Å². The van der Waals surface area contributed by atoms with Gasteiger partial charge in [0.2, 0.25) is 0 Å². The van der Waals surface area contributed by atoms with Crippen LogP contribution in [0, 0.1) is 5.92 Å². The first-order valence-corrected chi connectivity index (χ1v) is 8.21. The molecule has 0 aromatic carbocycles. The van der Waals surface area contributed by atoms with Gasteiger partial charge in [0, 0.05) is 24.2 Å². The maximum Gasteiger partial charge on any atom is 0.412 e. The van der Waals surface area contributed by atoms with Gasteiger partial charge in [-0.05, 0) is 24.1 Å². The summed E-state index contributed by atoms with van der Waals surface area (Å²) < 4.78 is 5.11. The van der Waals surface area contributed by atoms with Crippen LogP contribution in [-0.4, -0.2) is 29.2 Å². The van der Waals surface area contributed by atoms with Crippen molar-refractivity contribution in [1.82, 2.24) is 9.97 Å². The summed E-state index contributed by atoms with van der Waals surface area (Å²) in [6, 6.07) is 7.41. The molecule has 6 nitrogen and oxygen atoms in total. The van der Waals surface area contributed by atoms with Crippen molar-refractivity contribution in [3.05, 3.63) is 46.7 Å². The van der Waals surface area contributed by atoms with Gasteiger partial charge in [0.05, 0.1) is 17.3 Å². The molecule has 3 rings (SSSR count). The summed E-state index contributed by atoms with van der Waals surface area (Å²) >= 11 is 6.05. The number of hydrogen-bond donors (Lipinski definition) is 2. The third-order valence-electron chi connectivity index (χ3n) is 3.64. The van der Waals surface area contributed by atoms with Crippen LogP contribution in [0.1, 0.15) is 31.0 Å². The lowest BCUT2D eigenvalue weighted by molar-refractivity contribution is 0.147. The van der Waals surface area contributed by atoms with Crippen molar-refractivity contribution >= 4 is 29.3 Å². The molecule has 1 aliphatic heterocycles. The number of nitrogens with one attached hydrogen (secondary N) is 2. The highest BCUT2D eigenvalue weighted by Crippen LogP contribution is 2.35. The lowest BCUT2D eigenvalue weighted by Crippen LogP contribution is -2.18. The second kappa shape index (κ2) is 7.05. The van der Waals surface area contributed by atoms with Gasteiger partial charge in [-0.25, -0.2) is 14.8 Å². The standard InChI is InChI=1S/C17H19ClN4O2/c1-10(2)9-24-17(23)22-15-5-3-4-14(21-15)13-8-20-16-12(13)6-11(18)7-19-16/h3-7,10,13H,8-9H2,1-2H3,(H,19,20)(H,21,22,23). The SMILES string of the molecule is CC(C)COC(=O)Nc1cccc(C2CNc3ncc(Cl)cc32)n1. The summed E-state index contributed by atoms with van der Waals surface area (Å²) in [6.45, 7) is 5.03. The molecule has 0 bridgehead atoms. The molecular weight excluding hydrogens is 328 g/mol. The van der Waals surface area contributed by atoms with Crippen LogP contribution < -0.4 is 10.6 Å². The molecule has 2 aromatic rings. The number of pyridine rings is 2. The van der Waals surface area contributed by atoms with Crippen LogP contribution in [0.5, 0.6) is 0 Å². The summed E-state index contributed by atoms with van der Waals surface area (Å²) in [6.07, 6.45) is 1.12. The molecule has 24 heavy (non-hydrogen) atoms. The first kappa shape index (κ1) is 16.5. The van der Waals surface area contributed by atoms with E-state index in [1.165, 1.54) is 0 Å². The second-order valence-electron chi connectivity index (χ2n) is 6.09. The van der Waals surface area contributed by atoms with Gasteiger partial charge in [-0.15, -0.1) is 0 Å². The van der Waals surface area contributed by atoms with Crippen molar-refractivity contribution in [1.29, 1.82) is 0 Å². The Kier molecular flexibility index (Phi) is 4.85. The van der Waals surface area contributed by atoms with Gasteiger partial charge in [0.15, 0.2) is 0 Å². The fourth-order valence-corrected chi connectivity index (χ4v) is 2.71. The monoisotopic (exact) mass is 346 g/mol. The van der Waals surface area contributed by atoms with E-state index in [1.54, 1.807) is 12.3 Å². The highest BCUT2D eigenvalue weighted by molar-refractivity contribution is 6.30. The molecule has 0 radical (unpaired) electrons. The number of rotatable bonds is 4. The Morgan fingerprint density at radius 2 is 2.33 bits per heavy atom. The molecule has 0 saturated carbocycles. The lowest BCUT2D eigenvalue weighted by Gasteiger charge is -2.12. The minimum Gasteiger partial charge on any atom is -0.449 e. The predicted molar refractivity (Wildman–Crippen MR) is 93.6 cm³/mol. The van der Waals surface area contributed by atoms with E-state index in [9.17, 15) is 4.79 Å². The number of nitrogens with zero attached hydrogens (tertiary/aromatic N) is 2. The molecule has 1 atom stereocenters. The smallest absolute Gasteiger partial charge is 0.412 e. The Bertz CT molecular complexity index is 751. The fourth-order valence-electron chi connectivity index (χ4n) is 2.54. The maximum atomic E-state index is 11.8. The van der Waals surface area contributed by atoms with E-state index in [1.807, 2.05) is 32.0 Å². The number of halogens is 1. The molecule has 126 valence electrons. The van der Waals surface area contributed by atoms with E-state index in [0.717, 1.165) is 17.1 Å². The van der Waals surface area contributed by atoms with Crippen LogP contribution in [0.3, 0.4) is 0 Å². The average molecular weight is 347 g/mol. The third kappa shape index (κ3) is 3.76. The first-order valence-electron chi connectivity index (χ1n) is 7.83. The Balaban J connectivity index is 1.75. The molecule has 0 spiro atoms. The number of ether oxygens (including phenoxy) is 1. The number of aromatic nitrogens is 2. The van der Waals surface area contributed by atoms with Gasteiger partial charge in [-0.3, -0.25) is 5.32 Å². The van der Waals surface area contributed by atoms with Gasteiger partial charge in [-0.1, -0.05) is 31.5 Å². The van der Waals surface area contributed by atoms with Gasteiger partial charge in [0.1, 0.15) is 11.6 Å². The van der Waals surface area contributed by atoms with Crippen LogP contribution in [0.2, 0.25) is 5.02 Å². The van der Waals surface area contributed by atoms with Crippen LogP contribution in [-0.2, 0) is 4.74 Å². The van der Waals surface area contributed by atoms with Crippen molar-refractivity contribution in [2.75, 3.05) is 23.8 Å². The first-order chi connectivity index (χ1) is 11.5. The molecule has 1 aliphatic rings. The topological polar surface area (TPSA) is 76.1 Å². The molecule has 1 amide bonds. The minimum absolute atomic E-state index is 0.0413. The van der Waals surface area contributed by atoms with Gasteiger partial charge < -0.3 is 10.1 Å². The number of amides is 1. The molecule has 0 aliphatic carbocycles. The zero-order valence-electron chi connectivity index (χ0n) is 13.5. The minimum atomic E-state index is -0.497. The number of carbonyl (C=O) groups excluding carboxylic acids is 1. The zero-order chi connectivity index (χ0) is 17.1. The molecule has 7 heteroatoms. The maximum absolute atomic E-state index is 11.8. The summed E-state index contributed by atoms with van der Waals surface area (Å²) in [4.78, 5) is 20.6. The van der Waals surface area contributed by atoms with Crippen LogP contribution in [0.15, 0.2) is 30.5 Å². The van der Waals surface area contributed by atoms with Gasteiger partial charge >= 0.3 is 6.09 Å². The molecule has 1 unspecified atom stereocenters. The predicted octanol–water partition coefficient (Wildman–Crippen LogP) is 3.89. The van der Waals surface area contributed by atoms with Crippen molar-refractivity contribution in [3.8, 4) is 0 Å². The lowest BCUT2D eigenvalue weighted by atomic mass is 9.99. The molecule has 2 aromatic heterocycles. The number of carbonyl (C=O) groups is 1. The quantitative estimate of drug-likeness (QED) is 0.878. The van der Waals surface area contributed by atoms with Gasteiger partial charge in [-0.2, -0.15) is 0 Å². The molecular formula is C17H19ClN4O2. The van der Waals surface area contributed by atoms with Crippen molar-refractivity contribution < 1.29 is 9.53 Å². The van der Waals surface area contributed by atoms with Crippen LogP contribution in [0.25, 0.3) is 0 Å². The normalized spacial score (nSPS) is 15.8. The summed E-state index contributed by atoms with van der Waals surface area (Å²) in [5.74, 6) is 1.61. The van der Waals surface area contributed by atoms with Crippen LogP contribution >= 0.6 is 11.6 Å². The Morgan fingerprint density at radius 1 is 1.50 bits per heavy atom. The Morgan fingerprint density at radius 3 is 3.12 bits per heavy atom. The number of hydrogen-bond acceptors (Lipinski definition) is 5. The van der Waals surface area contributed by atoms with E-state index in [2.05, 4.69) is 20.6 Å².